The average molecular weight is 367 g/mol. The maximum atomic E-state index is 12.2. The van der Waals surface area contributed by atoms with Gasteiger partial charge in [0, 0.05) is 29.0 Å². The Kier molecular flexibility index (Phi) is 5.04. The number of rotatable bonds is 7. The quantitative estimate of drug-likeness (QED) is 0.811. The molecule has 1 aromatic heterocycles. The van der Waals surface area contributed by atoms with Gasteiger partial charge in [0.25, 0.3) is 0 Å². The lowest BCUT2D eigenvalue weighted by Gasteiger charge is -2.09. The van der Waals surface area contributed by atoms with E-state index in [9.17, 15) is 8.42 Å². The molecule has 6 heteroatoms. The maximum Gasteiger partial charge on any atom is 0.215 e. The molecule has 130 valence electrons. The molecule has 1 saturated carbocycles. The van der Waals surface area contributed by atoms with Gasteiger partial charge < -0.3 is 4.57 Å². The van der Waals surface area contributed by atoms with Crippen molar-refractivity contribution < 1.29 is 8.42 Å². The van der Waals surface area contributed by atoms with Crippen molar-refractivity contribution >= 4 is 21.6 Å². The third-order valence-corrected chi connectivity index (χ3v) is 6.10. The van der Waals surface area contributed by atoms with Gasteiger partial charge in [-0.05, 0) is 62.4 Å². The molecule has 2 aromatic rings. The van der Waals surface area contributed by atoms with Crippen molar-refractivity contribution in [3.8, 4) is 0 Å². The van der Waals surface area contributed by atoms with E-state index in [1.807, 2.05) is 0 Å². The highest BCUT2D eigenvalue weighted by Gasteiger charge is 2.26. The van der Waals surface area contributed by atoms with Crippen LogP contribution >= 0.6 is 11.6 Å². The van der Waals surface area contributed by atoms with Crippen LogP contribution in [0.4, 0.5) is 0 Å². The molecule has 0 saturated heterocycles. The van der Waals surface area contributed by atoms with Crippen molar-refractivity contribution in [1.29, 1.82) is 0 Å². The molecule has 0 atom stereocenters. The first-order chi connectivity index (χ1) is 11.4. The molecular formula is C18H23ClN2O2S. The van der Waals surface area contributed by atoms with Crippen molar-refractivity contribution in [3.05, 3.63) is 57.9 Å². The van der Waals surface area contributed by atoms with Crippen molar-refractivity contribution in [2.75, 3.05) is 6.54 Å². The Bertz CT molecular complexity index is 821. The van der Waals surface area contributed by atoms with Crippen molar-refractivity contribution in [1.82, 2.24) is 9.29 Å². The fourth-order valence-electron chi connectivity index (χ4n) is 3.19. The van der Waals surface area contributed by atoms with Crippen molar-refractivity contribution in [2.45, 2.75) is 44.9 Å². The van der Waals surface area contributed by atoms with Crippen LogP contribution in [0.25, 0.3) is 0 Å². The van der Waals surface area contributed by atoms with Gasteiger partial charge in [-0.1, -0.05) is 23.7 Å². The van der Waals surface area contributed by atoms with E-state index in [4.69, 9.17) is 11.6 Å². The summed E-state index contributed by atoms with van der Waals surface area (Å²) in [6.45, 7) is 4.67. The number of halogens is 1. The van der Waals surface area contributed by atoms with Crippen LogP contribution in [0.3, 0.4) is 0 Å². The molecule has 1 aromatic carbocycles. The first kappa shape index (κ1) is 17.5. The van der Waals surface area contributed by atoms with Gasteiger partial charge in [-0.3, -0.25) is 0 Å². The van der Waals surface area contributed by atoms with Gasteiger partial charge in [-0.15, -0.1) is 0 Å². The molecule has 1 aliphatic carbocycles. The van der Waals surface area contributed by atoms with Crippen LogP contribution in [0.15, 0.2) is 30.3 Å². The molecule has 1 N–H and O–H groups in total. The van der Waals surface area contributed by atoms with E-state index >= 15 is 0 Å². The summed E-state index contributed by atoms with van der Waals surface area (Å²) >= 11 is 5.82. The Hall–Kier alpha value is -1.30. The minimum atomic E-state index is -3.34. The molecule has 0 radical (unpaired) electrons. The monoisotopic (exact) mass is 366 g/mol. The summed E-state index contributed by atoms with van der Waals surface area (Å²) in [6, 6.07) is 9.73. The Balaban J connectivity index is 1.57. The molecule has 0 amide bonds. The van der Waals surface area contributed by atoms with Crippen molar-refractivity contribution in [3.63, 3.8) is 0 Å². The lowest BCUT2D eigenvalue weighted by Crippen LogP contribution is -2.27. The number of hydrogen-bond donors (Lipinski definition) is 1. The number of sulfonamides is 1. The highest BCUT2D eigenvalue weighted by atomic mass is 35.5. The lowest BCUT2D eigenvalue weighted by atomic mass is 10.2. The zero-order valence-electron chi connectivity index (χ0n) is 14.0. The molecule has 0 unspecified atom stereocenters. The Morgan fingerprint density at radius 2 is 1.88 bits per heavy atom. The predicted octanol–water partition coefficient (Wildman–Crippen LogP) is 3.76. The molecule has 1 aliphatic rings. The first-order valence-corrected chi connectivity index (χ1v) is 10.3. The second-order valence-electron chi connectivity index (χ2n) is 6.53. The summed E-state index contributed by atoms with van der Waals surface area (Å²) in [5.74, 6) is -0.0226. The summed E-state index contributed by atoms with van der Waals surface area (Å²) in [4.78, 5) is 0. The summed E-state index contributed by atoms with van der Waals surface area (Å²) < 4.78 is 29.5. The van der Waals surface area contributed by atoms with E-state index in [1.165, 1.54) is 29.8 Å². The van der Waals surface area contributed by atoms with Gasteiger partial charge in [0.15, 0.2) is 0 Å². The molecule has 0 spiro atoms. The topological polar surface area (TPSA) is 51.1 Å². The largest absolute Gasteiger partial charge is 0.346 e. The van der Waals surface area contributed by atoms with Gasteiger partial charge in [-0.25, -0.2) is 13.1 Å². The van der Waals surface area contributed by atoms with Crippen LogP contribution in [0.5, 0.6) is 0 Å². The van der Waals surface area contributed by atoms with Gasteiger partial charge in [0.2, 0.25) is 10.0 Å². The highest BCUT2D eigenvalue weighted by Crippen LogP contribution is 2.38. The lowest BCUT2D eigenvalue weighted by molar-refractivity contribution is 0.580. The fourth-order valence-corrected chi connectivity index (χ4v) is 4.46. The van der Waals surface area contributed by atoms with Gasteiger partial charge >= 0.3 is 0 Å². The van der Waals surface area contributed by atoms with Gasteiger partial charge in [0.1, 0.15) is 0 Å². The number of nitrogens with zero attached hydrogens (tertiary/aromatic N) is 1. The average Bonchev–Trinajstić information content (AvgIpc) is 3.29. The van der Waals surface area contributed by atoms with E-state index in [0.717, 1.165) is 5.56 Å². The number of aromatic nitrogens is 1. The maximum absolute atomic E-state index is 12.2. The fraction of sp³-hybridized carbons (Fsp3) is 0.444. The minimum Gasteiger partial charge on any atom is -0.346 e. The van der Waals surface area contributed by atoms with Crippen LogP contribution in [0.2, 0.25) is 5.02 Å². The first-order valence-electron chi connectivity index (χ1n) is 8.25. The number of nitrogens with one attached hydrogen (secondary N) is 1. The second kappa shape index (κ2) is 6.90. The van der Waals surface area contributed by atoms with Crippen LogP contribution in [0, 0.1) is 13.8 Å². The highest BCUT2D eigenvalue weighted by molar-refractivity contribution is 7.88. The van der Waals surface area contributed by atoms with Crippen LogP contribution < -0.4 is 4.72 Å². The SMILES string of the molecule is Cc1cc(CCNS(=O)(=O)Cc2ccc(Cl)cc2)c(C)n1C1CC1. The van der Waals surface area contributed by atoms with E-state index in [1.54, 1.807) is 24.3 Å². The normalized spacial score (nSPS) is 15.0. The molecule has 3 rings (SSSR count). The Morgan fingerprint density at radius 1 is 1.21 bits per heavy atom. The molecule has 1 heterocycles. The van der Waals surface area contributed by atoms with E-state index in [-0.39, 0.29) is 5.75 Å². The number of benzene rings is 1. The van der Waals surface area contributed by atoms with Crippen LogP contribution in [0.1, 0.15) is 41.4 Å². The van der Waals surface area contributed by atoms with E-state index in [2.05, 4.69) is 29.2 Å². The third kappa shape index (κ3) is 4.21. The van der Waals surface area contributed by atoms with Crippen molar-refractivity contribution in [2.24, 2.45) is 0 Å². The van der Waals surface area contributed by atoms with Crippen LogP contribution in [-0.2, 0) is 22.2 Å². The van der Waals surface area contributed by atoms with Gasteiger partial charge in [-0.2, -0.15) is 0 Å². The summed E-state index contributed by atoms with van der Waals surface area (Å²) in [5.41, 5.74) is 4.51. The standard InChI is InChI=1S/C18H23ClN2O2S/c1-13-11-16(14(2)21(13)18-7-8-18)9-10-20-24(22,23)12-15-3-5-17(19)6-4-15/h3-6,11,18,20H,7-10,12H2,1-2H3. The van der Waals surface area contributed by atoms with Crippen LogP contribution in [-0.4, -0.2) is 19.5 Å². The molecule has 4 nitrogen and oxygen atoms in total. The minimum absolute atomic E-state index is 0.0226. The van der Waals surface area contributed by atoms with E-state index in [0.29, 0.717) is 24.0 Å². The zero-order chi connectivity index (χ0) is 17.3. The Morgan fingerprint density at radius 3 is 2.50 bits per heavy atom. The summed E-state index contributed by atoms with van der Waals surface area (Å²) in [6.07, 6.45) is 3.22. The molecular weight excluding hydrogens is 344 g/mol. The number of hydrogen-bond acceptors (Lipinski definition) is 2. The van der Waals surface area contributed by atoms with E-state index < -0.39 is 10.0 Å². The summed E-state index contributed by atoms with van der Waals surface area (Å²) in [7, 11) is -3.34. The van der Waals surface area contributed by atoms with Gasteiger partial charge in [0.05, 0.1) is 5.75 Å². The second-order valence-corrected chi connectivity index (χ2v) is 8.77. The summed E-state index contributed by atoms with van der Waals surface area (Å²) in [5, 5.41) is 0.607. The molecule has 1 fully saturated rings. The zero-order valence-corrected chi connectivity index (χ0v) is 15.6. The predicted molar refractivity (Wildman–Crippen MR) is 98.0 cm³/mol. The Labute approximate surface area is 148 Å². The molecule has 0 aliphatic heterocycles. The third-order valence-electron chi connectivity index (χ3n) is 4.49. The molecule has 0 bridgehead atoms. The smallest absolute Gasteiger partial charge is 0.215 e. The number of aryl methyl sites for hydroxylation is 1. The molecule has 24 heavy (non-hydrogen) atoms.